The number of nitrogens with zero attached hydrogens (tertiary/aromatic N) is 2. The fraction of sp³-hybridized carbons (Fsp3) is 0.269. The molecule has 4 nitrogen and oxygen atoms in total. The van der Waals surface area contributed by atoms with Gasteiger partial charge < -0.3 is 10.2 Å². The average molecular weight is 400 g/mol. The summed E-state index contributed by atoms with van der Waals surface area (Å²) in [7, 11) is 4.10. The third-order valence-corrected chi connectivity index (χ3v) is 5.89. The van der Waals surface area contributed by atoms with E-state index in [9.17, 15) is 4.79 Å². The van der Waals surface area contributed by atoms with Gasteiger partial charge in [-0.05, 0) is 47.4 Å². The first-order valence-corrected chi connectivity index (χ1v) is 10.5. The van der Waals surface area contributed by atoms with Crippen molar-refractivity contribution in [2.45, 2.75) is 19.0 Å². The highest BCUT2D eigenvalue weighted by atomic mass is 16.1. The Kier molecular flexibility index (Phi) is 6.15. The van der Waals surface area contributed by atoms with E-state index in [0.29, 0.717) is 12.1 Å². The monoisotopic (exact) mass is 399 g/mol. The van der Waals surface area contributed by atoms with Crippen molar-refractivity contribution in [2.75, 3.05) is 32.1 Å². The highest BCUT2D eigenvalue weighted by Crippen LogP contribution is 2.28. The fourth-order valence-corrected chi connectivity index (χ4v) is 4.12. The third kappa shape index (κ3) is 4.55. The van der Waals surface area contributed by atoms with Gasteiger partial charge in [-0.1, -0.05) is 54.6 Å². The Balaban J connectivity index is 1.56. The summed E-state index contributed by atoms with van der Waals surface area (Å²) in [6.45, 7) is 2.47. The van der Waals surface area contributed by atoms with Crippen molar-refractivity contribution in [1.82, 2.24) is 10.2 Å². The molecule has 1 aliphatic rings. The van der Waals surface area contributed by atoms with Crippen LogP contribution in [0, 0.1) is 0 Å². The molecule has 30 heavy (non-hydrogen) atoms. The lowest BCUT2D eigenvalue weighted by Crippen LogP contribution is -2.40. The van der Waals surface area contributed by atoms with Crippen LogP contribution in [0.25, 0.3) is 0 Å². The predicted octanol–water partition coefficient (Wildman–Crippen LogP) is 4.28. The van der Waals surface area contributed by atoms with Crippen molar-refractivity contribution in [3.63, 3.8) is 0 Å². The third-order valence-electron chi connectivity index (χ3n) is 5.89. The lowest BCUT2D eigenvalue weighted by Gasteiger charge is -2.36. The normalized spacial score (nSPS) is 14.6. The topological polar surface area (TPSA) is 35.6 Å². The SMILES string of the molecule is CN(C)c1ccc(C(CNC(=O)c2ccccc2)N2CCc3ccccc3C2)cc1. The fourth-order valence-electron chi connectivity index (χ4n) is 4.12. The summed E-state index contributed by atoms with van der Waals surface area (Å²) in [5.74, 6) is -0.0251. The first kappa shape index (κ1) is 20.2. The van der Waals surface area contributed by atoms with Gasteiger partial charge in [0, 0.05) is 45.0 Å². The molecule has 0 saturated heterocycles. The van der Waals surface area contributed by atoms with E-state index in [-0.39, 0.29) is 11.9 Å². The first-order chi connectivity index (χ1) is 14.6. The molecule has 0 aromatic heterocycles. The van der Waals surface area contributed by atoms with Crippen LogP contribution in [-0.2, 0) is 13.0 Å². The molecular weight excluding hydrogens is 370 g/mol. The van der Waals surface area contributed by atoms with Gasteiger partial charge in [-0.2, -0.15) is 0 Å². The maximum atomic E-state index is 12.7. The average Bonchev–Trinajstić information content (AvgIpc) is 2.80. The molecule has 0 aliphatic carbocycles. The van der Waals surface area contributed by atoms with Crippen molar-refractivity contribution in [3.05, 3.63) is 101 Å². The van der Waals surface area contributed by atoms with E-state index in [2.05, 4.69) is 63.6 Å². The second-order valence-corrected chi connectivity index (χ2v) is 8.07. The Morgan fingerprint density at radius 2 is 1.60 bits per heavy atom. The quantitative estimate of drug-likeness (QED) is 0.672. The second kappa shape index (κ2) is 9.14. The van der Waals surface area contributed by atoms with Crippen molar-refractivity contribution < 1.29 is 4.79 Å². The van der Waals surface area contributed by atoms with Gasteiger partial charge in [0.05, 0.1) is 6.04 Å². The molecule has 0 bridgehead atoms. The molecular formula is C26H29N3O. The van der Waals surface area contributed by atoms with Crippen LogP contribution in [0.15, 0.2) is 78.9 Å². The van der Waals surface area contributed by atoms with Gasteiger partial charge in [0.1, 0.15) is 0 Å². The van der Waals surface area contributed by atoms with Crippen molar-refractivity contribution >= 4 is 11.6 Å². The van der Waals surface area contributed by atoms with Crippen LogP contribution in [0.2, 0.25) is 0 Å². The molecule has 0 fully saturated rings. The Morgan fingerprint density at radius 1 is 0.933 bits per heavy atom. The smallest absolute Gasteiger partial charge is 0.251 e. The maximum Gasteiger partial charge on any atom is 0.251 e. The van der Waals surface area contributed by atoms with E-state index in [1.807, 2.05) is 44.4 Å². The first-order valence-electron chi connectivity index (χ1n) is 10.5. The molecule has 4 heteroatoms. The zero-order valence-electron chi connectivity index (χ0n) is 17.7. The number of hydrogen-bond donors (Lipinski definition) is 1. The molecule has 3 aromatic rings. The summed E-state index contributed by atoms with van der Waals surface area (Å²) in [6, 6.07) is 26.9. The lowest BCUT2D eigenvalue weighted by molar-refractivity contribution is 0.0927. The number of anilines is 1. The number of fused-ring (bicyclic) bond motifs is 1. The number of amides is 1. The summed E-state index contributed by atoms with van der Waals surface area (Å²) in [5, 5.41) is 3.17. The summed E-state index contributed by atoms with van der Waals surface area (Å²) >= 11 is 0. The molecule has 1 amide bonds. The summed E-state index contributed by atoms with van der Waals surface area (Å²) < 4.78 is 0. The number of benzene rings is 3. The van der Waals surface area contributed by atoms with E-state index >= 15 is 0 Å². The van der Waals surface area contributed by atoms with Crippen molar-refractivity contribution in [1.29, 1.82) is 0 Å². The maximum absolute atomic E-state index is 12.7. The van der Waals surface area contributed by atoms with Crippen LogP contribution < -0.4 is 10.2 Å². The number of rotatable bonds is 6. The molecule has 0 radical (unpaired) electrons. The molecule has 0 spiro atoms. The second-order valence-electron chi connectivity index (χ2n) is 8.07. The van der Waals surface area contributed by atoms with Crippen molar-refractivity contribution in [3.8, 4) is 0 Å². The number of hydrogen-bond acceptors (Lipinski definition) is 3. The van der Waals surface area contributed by atoms with Crippen LogP contribution in [0.3, 0.4) is 0 Å². The van der Waals surface area contributed by atoms with Gasteiger partial charge in [0.2, 0.25) is 0 Å². The Bertz CT molecular complexity index is 983. The molecule has 0 saturated carbocycles. The van der Waals surface area contributed by atoms with Crippen LogP contribution in [0.5, 0.6) is 0 Å². The predicted molar refractivity (Wildman–Crippen MR) is 123 cm³/mol. The van der Waals surface area contributed by atoms with Crippen molar-refractivity contribution in [2.24, 2.45) is 0 Å². The Morgan fingerprint density at radius 3 is 2.30 bits per heavy atom. The molecule has 4 rings (SSSR count). The van der Waals surface area contributed by atoms with E-state index in [1.54, 1.807) is 0 Å². The van der Waals surface area contributed by atoms with Gasteiger partial charge in [-0.25, -0.2) is 0 Å². The van der Waals surface area contributed by atoms with Gasteiger partial charge in [0.15, 0.2) is 0 Å². The van der Waals surface area contributed by atoms with Crippen LogP contribution >= 0.6 is 0 Å². The molecule has 1 unspecified atom stereocenters. The highest BCUT2D eigenvalue weighted by Gasteiger charge is 2.25. The lowest BCUT2D eigenvalue weighted by atomic mass is 9.96. The molecule has 154 valence electrons. The summed E-state index contributed by atoms with van der Waals surface area (Å²) in [5.41, 5.74) is 5.92. The summed E-state index contributed by atoms with van der Waals surface area (Å²) in [6.07, 6.45) is 1.04. The Hall–Kier alpha value is -3.11. The zero-order chi connectivity index (χ0) is 20.9. The summed E-state index contributed by atoms with van der Waals surface area (Å²) in [4.78, 5) is 17.3. The van der Waals surface area contributed by atoms with E-state index < -0.39 is 0 Å². The van der Waals surface area contributed by atoms with Gasteiger partial charge in [0.25, 0.3) is 5.91 Å². The minimum absolute atomic E-state index is 0.0251. The molecule has 3 aromatic carbocycles. The molecule has 1 aliphatic heterocycles. The Labute approximate surface area is 179 Å². The van der Waals surface area contributed by atoms with E-state index in [4.69, 9.17) is 0 Å². The zero-order valence-corrected chi connectivity index (χ0v) is 17.7. The minimum Gasteiger partial charge on any atom is -0.378 e. The number of carbonyl (C=O) groups is 1. The van der Waals surface area contributed by atoms with Crippen LogP contribution in [-0.4, -0.2) is 38.0 Å². The number of nitrogens with one attached hydrogen (secondary N) is 1. The van der Waals surface area contributed by atoms with Gasteiger partial charge in [-0.15, -0.1) is 0 Å². The highest BCUT2D eigenvalue weighted by molar-refractivity contribution is 5.94. The number of carbonyl (C=O) groups excluding carboxylic acids is 1. The van der Waals surface area contributed by atoms with Gasteiger partial charge >= 0.3 is 0 Å². The molecule has 1 heterocycles. The largest absolute Gasteiger partial charge is 0.378 e. The van der Waals surface area contributed by atoms with E-state index in [0.717, 1.165) is 19.5 Å². The van der Waals surface area contributed by atoms with Gasteiger partial charge in [-0.3, -0.25) is 9.69 Å². The minimum atomic E-state index is -0.0251. The molecule has 1 N–H and O–H groups in total. The standard InChI is InChI=1S/C26H29N3O/c1-28(2)24-14-12-21(13-15-24)25(18-27-26(30)22-9-4-3-5-10-22)29-17-16-20-8-6-7-11-23(20)19-29/h3-15,25H,16-19H2,1-2H3,(H,27,30). The van der Waals surface area contributed by atoms with Crippen LogP contribution in [0.4, 0.5) is 5.69 Å². The van der Waals surface area contributed by atoms with Crippen LogP contribution in [0.1, 0.15) is 33.1 Å². The van der Waals surface area contributed by atoms with E-state index in [1.165, 1.54) is 22.4 Å². The molecule has 1 atom stereocenters.